The fraction of sp³-hybridized carbons (Fsp3) is 0.500. The Morgan fingerprint density at radius 3 is 2.85 bits per heavy atom. The summed E-state index contributed by atoms with van der Waals surface area (Å²) in [5.41, 5.74) is 6.28. The van der Waals surface area contributed by atoms with Gasteiger partial charge in [0.15, 0.2) is 0 Å². The Kier molecular flexibility index (Phi) is 3.45. The summed E-state index contributed by atoms with van der Waals surface area (Å²) >= 11 is 0. The molecule has 0 spiro atoms. The summed E-state index contributed by atoms with van der Waals surface area (Å²) in [5, 5.41) is 5.98. The van der Waals surface area contributed by atoms with E-state index >= 15 is 0 Å². The summed E-state index contributed by atoms with van der Waals surface area (Å²) in [6.45, 7) is 3.19. The molecule has 5 nitrogen and oxygen atoms in total. The van der Waals surface area contributed by atoms with Gasteiger partial charge in [0, 0.05) is 31.9 Å². The Hall–Kier alpha value is -1.36. The molecule has 0 aliphatic carbocycles. The summed E-state index contributed by atoms with van der Waals surface area (Å²) < 4.78 is 0. The molecule has 1 heterocycles. The Labute approximate surface area is 77.8 Å². The van der Waals surface area contributed by atoms with Gasteiger partial charge in [0.25, 0.3) is 0 Å². The third-order valence-electron chi connectivity index (χ3n) is 1.54. The van der Waals surface area contributed by atoms with E-state index in [1.54, 1.807) is 0 Å². The van der Waals surface area contributed by atoms with Crippen LogP contribution in [0, 0.1) is 6.92 Å². The van der Waals surface area contributed by atoms with Gasteiger partial charge in [-0.25, -0.2) is 4.98 Å². The third-order valence-corrected chi connectivity index (χ3v) is 1.54. The first-order chi connectivity index (χ1) is 6.26. The van der Waals surface area contributed by atoms with Crippen LogP contribution in [0.25, 0.3) is 0 Å². The van der Waals surface area contributed by atoms with Crippen molar-refractivity contribution in [1.82, 2.24) is 9.97 Å². The SMILES string of the molecule is CNc1cc(C)nc(NCCN)n1. The van der Waals surface area contributed by atoms with Crippen molar-refractivity contribution in [1.29, 1.82) is 0 Å². The van der Waals surface area contributed by atoms with Crippen LogP contribution in [0.3, 0.4) is 0 Å². The monoisotopic (exact) mass is 181 g/mol. The summed E-state index contributed by atoms with van der Waals surface area (Å²) in [7, 11) is 1.83. The second-order valence-corrected chi connectivity index (χ2v) is 2.68. The smallest absolute Gasteiger partial charge is 0.224 e. The molecule has 0 saturated carbocycles. The van der Waals surface area contributed by atoms with Gasteiger partial charge >= 0.3 is 0 Å². The van der Waals surface area contributed by atoms with Crippen LogP contribution < -0.4 is 16.4 Å². The summed E-state index contributed by atoms with van der Waals surface area (Å²) in [6, 6.07) is 1.88. The zero-order valence-electron chi connectivity index (χ0n) is 7.96. The van der Waals surface area contributed by atoms with E-state index in [0.29, 0.717) is 19.0 Å². The highest BCUT2D eigenvalue weighted by Gasteiger charge is 1.98. The highest BCUT2D eigenvalue weighted by molar-refractivity contribution is 5.41. The lowest BCUT2D eigenvalue weighted by Gasteiger charge is -2.06. The maximum absolute atomic E-state index is 5.35. The first-order valence-corrected chi connectivity index (χ1v) is 4.23. The van der Waals surface area contributed by atoms with Crippen LogP contribution in [0.15, 0.2) is 6.07 Å². The van der Waals surface area contributed by atoms with E-state index in [2.05, 4.69) is 20.6 Å². The average molecular weight is 181 g/mol. The molecular formula is C8H15N5. The van der Waals surface area contributed by atoms with E-state index in [1.807, 2.05) is 20.0 Å². The first kappa shape index (κ1) is 9.73. The van der Waals surface area contributed by atoms with Crippen molar-refractivity contribution in [3.63, 3.8) is 0 Å². The maximum atomic E-state index is 5.35. The Bertz CT molecular complexity index is 273. The second kappa shape index (κ2) is 4.61. The molecule has 0 bridgehead atoms. The van der Waals surface area contributed by atoms with E-state index in [1.165, 1.54) is 0 Å². The number of nitrogens with zero attached hydrogens (tertiary/aromatic N) is 2. The molecule has 4 N–H and O–H groups in total. The van der Waals surface area contributed by atoms with Crippen molar-refractivity contribution < 1.29 is 0 Å². The summed E-state index contributed by atoms with van der Waals surface area (Å²) in [5.74, 6) is 1.43. The van der Waals surface area contributed by atoms with Crippen molar-refractivity contribution in [3.8, 4) is 0 Å². The van der Waals surface area contributed by atoms with Crippen LogP contribution in [-0.2, 0) is 0 Å². The standard InChI is InChI=1S/C8H15N5/c1-6-5-7(10-2)13-8(12-6)11-4-3-9/h5H,3-4,9H2,1-2H3,(H2,10,11,12,13). The van der Waals surface area contributed by atoms with Gasteiger partial charge in [-0.2, -0.15) is 4.98 Å². The van der Waals surface area contributed by atoms with Crippen molar-refractivity contribution in [3.05, 3.63) is 11.8 Å². The fourth-order valence-electron chi connectivity index (χ4n) is 0.960. The molecular weight excluding hydrogens is 166 g/mol. The largest absolute Gasteiger partial charge is 0.373 e. The Morgan fingerprint density at radius 1 is 1.46 bits per heavy atom. The average Bonchev–Trinajstić information content (AvgIpc) is 2.14. The predicted octanol–water partition coefficient (Wildman–Crippen LogP) is 0.197. The highest BCUT2D eigenvalue weighted by Crippen LogP contribution is 2.07. The number of aromatic nitrogens is 2. The molecule has 13 heavy (non-hydrogen) atoms. The van der Waals surface area contributed by atoms with Gasteiger partial charge in [-0.1, -0.05) is 0 Å². The molecule has 5 heteroatoms. The van der Waals surface area contributed by atoms with Crippen molar-refractivity contribution in [2.24, 2.45) is 5.73 Å². The molecule has 0 unspecified atom stereocenters. The van der Waals surface area contributed by atoms with Gasteiger partial charge in [0.1, 0.15) is 5.82 Å². The lowest BCUT2D eigenvalue weighted by molar-refractivity contribution is 0.980. The zero-order chi connectivity index (χ0) is 9.68. The molecule has 0 fully saturated rings. The van der Waals surface area contributed by atoms with Gasteiger partial charge in [-0.15, -0.1) is 0 Å². The van der Waals surface area contributed by atoms with E-state index in [0.717, 1.165) is 11.5 Å². The fourth-order valence-corrected chi connectivity index (χ4v) is 0.960. The molecule has 1 aromatic rings. The minimum absolute atomic E-state index is 0.576. The number of nitrogens with one attached hydrogen (secondary N) is 2. The lowest BCUT2D eigenvalue weighted by Crippen LogP contribution is -2.15. The molecule has 0 radical (unpaired) electrons. The summed E-state index contributed by atoms with van der Waals surface area (Å²) in [4.78, 5) is 8.40. The third kappa shape index (κ3) is 2.87. The number of aryl methyl sites for hydroxylation is 1. The van der Waals surface area contributed by atoms with Crippen LogP contribution >= 0.6 is 0 Å². The molecule has 0 amide bonds. The quantitative estimate of drug-likeness (QED) is 0.618. The molecule has 0 atom stereocenters. The predicted molar refractivity (Wildman–Crippen MR) is 53.9 cm³/mol. The van der Waals surface area contributed by atoms with Crippen molar-refractivity contribution in [2.75, 3.05) is 30.8 Å². The minimum Gasteiger partial charge on any atom is -0.373 e. The number of hydrogen-bond donors (Lipinski definition) is 3. The molecule has 72 valence electrons. The zero-order valence-corrected chi connectivity index (χ0v) is 7.96. The van der Waals surface area contributed by atoms with Crippen LogP contribution in [0.5, 0.6) is 0 Å². The van der Waals surface area contributed by atoms with E-state index < -0.39 is 0 Å². The van der Waals surface area contributed by atoms with Gasteiger partial charge in [-0.05, 0) is 6.92 Å². The van der Waals surface area contributed by atoms with Crippen LogP contribution in [0.1, 0.15) is 5.69 Å². The van der Waals surface area contributed by atoms with Gasteiger partial charge in [0.2, 0.25) is 5.95 Å². The summed E-state index contributed by atoms with van der Waals surface area (Å²) in [6.07, 6.45) is 0. The Balaban J connectivity index is 2.76. The molecule has 1 aromatic heterocycles. The highest BCUT2D eigenvalue weighted by atomic mass is 15.1. The van der Waals surface area contributed by atoms with E-state index in [-0.39, 0.29) is 0 Å². The molecule has 0 aromatic carbocycles. The van der Waals surface area contributed by atoms with Gasteiger partial charge < -0.3 is 16.4 Å². The number of nitrogens with two attached hydrogens (primary N) is 1. The molecule has 0 aliphatic rings. The van der Waals surface area contributed by atoms with E-state index in [9.17, 15) is 0 Å². The number of hydrogen-bond acceptors (Lipinski definition) is 5. The van der Waals surface area contributed by atoms with E-state index in [4.69, 9.17) is 5.73 Å². The second-order valence-electron chi connectivity index (χ2n) is 2.68. The van der Waals surface area contributed by atoms with Gasteiger partial charge in [0.05, 0.1) is 0 Å². The Morgan fingerprint density at radius 2 is 2.23 bits per heavy atom. The van der Waals surface area contributed by atoms with Crippen molar-refractivity contribution in [2.45, 2.75) is 6.92 Å². The number of anilines is 2. The maximum Gasteiger partial charge on any atom is 0.224 e. The van der Waals surface area contributed by atoms with Crippen molar-refractivity contribution >= 4 is 11.8 Å². The van der Waals surface area contributed by atoms with Gasteiger partial charge in [-0.3, -0.25) is 0 Å². The normalized spacial score (nSPS) is 9.77. The lowest BCUT2D eigenvalue weighted by atomic mass is 10.4. The molecule has 0 saturated heterocycles. The molecule has 0 aliphatic heterocycles. The number of rotatable bonds is 4. The molecule has 1 rings (SSSR count). The topological polar surface area (TPSA) is 75.9 Å². The van der Waals surface area contributed by atoms with Crippen LogP contribution in [0.2, 0.25) is 0 Å². The minimum atomic E-state index is 0.576. The van der Waals surface area contributed by atoms with Crippen LogP contribution in [-0.4, -0.2) is 30.1 Å². The van der Waals surface area contributed by atoms with Crippen LogP contribution in [0.4, 0.5) is 11.8 Å². The first-order valence-electron chi connectivity index (χ1n) is 4.23.